The van der Waals surface area contributed by atoms with E-state index in [1.54, 1.807) is 19.2 Å². The van der Waals surface area contributed by atoms with Gasteiger partial charge in [-0.2, -0.15) is 0 Å². The van der Waals surface area contributed by atoms with Gasteiger partial charge in [-0.3, -0.25) is 0 Å². The number of benzene rings is 2. The van der Waals surface area contributed by atoms with Crippen LogP contribution in [0, 0.1) is 0 Å². The molecule has 19 heavy (non-hydrogen) atoms. The van der Waals surface area contributed by atoms with Crippen LogP contribution in [-0.4, -0.2) is 26.3 Å². The molecule has 0 bridgehead atoms. The summed E-state index contributed by atoms with van der Waals surface area (Å²) < 4.78 is 5.21. The molecule has 2 rings (SSSR count). The molecule has 0 aliphatic rings. The molecule has 0 spiro atoms. The number of aromatic hydroxyl groups is 1. The van der Waals surface area contributed by atoms with E-state index in [0.717, 1.165) is 11.1 Å². The van der Waals surface area contributed by atoms with Crippen LogP contribution in [0.15, 0.2) is 42.5 Å². The number of hydrogen-bond acceptors (Lipinski definition) is 3. The Morgan fingerprint density at radius 1 is 1.05 bits per heavy atom. The fraction of sp³-hybridized carbons (Fsp3) is 0.200. The van der Waals surface area contributed by atoms with Crippen molar-refractivity contribution in [3.63, 3.8) is 0 Å². The van der Waals surface area contributed by atoms with Crippen molar-refractivity contribution >= 4 is 24.9 Å². The number of nitrogens with zero attached hydrogens (tertiary/aromatic N) is 1. The van der Waals surface area contributed by atoms with Crippen LogP contribution in [0.1, 0.15) is 0 Å². The molecule has 0 heterocycles. The Balaban J connectivity index is 2.36. The number of anilines is 1. The summed E-state index contributed by atoms with van der Waals surface area (Å²) >= 11 is 0. The molecule has 4 heteroatoms. The van der Waals surface area contributed by atoms with E-state index >= 15 is 0 Å². The third kappa shape index (κ3) is 3.18. The van der Waals surface area contributed by atoms with Crippen molar-refractivity contribution < 1.29 is 9.84 Å². The third-order valence-electron chi connectivity index (χ3n) is 2.86. The summed E-state index contributed by atoms with van der Waals surface area (Å²) in [5, 5.41) is 12.1. The fourth-order valence-corrected chi connectivity index (χ4v) is 3.19. The molecule has 0 aromatic heterocycles. The lowest BCUT2D eigenvalue weighted by Gasteiger charge is -2.17. The predicted octanol–water partition coefficient (Wildman–Crippen LogP) is 2.10. The molecule has 2 aromatic carbocycles. The average Bonchev–Trinajstić information content (AvgIpc) is 2.41. The molecule has 0 aliphatic heterocycles. The van der Waals surface area contributed by atoms with Gasteiger partial charge in [0.15, 0.2) is 0 Å². The Bertz CT molecular complexity index is 570. The molecule has 0 saturated heterocycles. The first-order valence-electron chi connectivity index (χ1n) is 6.02. The van der Waals surface area contributed by atoms with Gasteiger partial charge in [-0.05, 0) is 24.3 Å². The maximum absolute atomic E-state index is 9.96. The molecule has 3 nitrogen and oxygen atoms in total. The highest BCUT2D eigenvalue weighted by Gasteiger charge is 2.08. The summed E-state index contributed by atoms with van der Waals surface area (Å²) in [6, 6.07) is 13.5. The maximum atomic E-state index is 9.96. The van der Waals surface area contributed by atoms with E-state index in [-0.39, 0.29) is 0 Å². The average molecular weight is 275 g/mol. The quantitative estimate of drug-likeness (QED) is 0.867. The topological polar surface area (TPSA) is 32.7 Å². The highest BCUT2D eigenvalue weighted by molar-refractivity contribution is 7.56. The number of ether oxygens (including phenoxy) is 1. The van der Waals surface area contributed by atoms with Crippen molar-refractivity contribution in [3.8, 4) is 11.5 Å². The zero-order chi connectivity index (χ0) is 13.8. The number of methoxy groups -OCH3 is 1. The normalized spacial score (nSPS) is 10.9. The largest absolute Gasteiger partial charge is 0.507 e. The Hall–Kier alpha value is -1.73. The highest BCUT2D eigenvalue weighted by Crippen LogP contribution is 2.25. The minimum Gasteiger partial charge on any atom is -0.507 e. The number of phenolic OH excluding ortho intramolecular Hbond substituents is 1. The monoisotopic (exact) mass is 275 g/mol. The van der Waals surface area contributed by atoms with Crippen LogP contribution in [0.25, 0.3) is 0 Å². The predicted molar refractivity (Wildman–Crippen MR) is 83.0 cm³/mol. The van der Waals surface area contributed by atoms with E-state index in [0.29, 0.717) is 14.3 Å². The van der Waals surface area contributed by atoms with Crippen LogP contribution in [-0.2, 0) is 0 Å². The van der Waals surface area contributed by atoms with Crippen molar-refractivity contribution in [2.45, 2.75) is 0 Å². The second kappa shape index (κ2) is 5.94. The number of phenols is 1. The molecule has 0 radical (unpaired) electrons. The van der Waals surface area contributed by atoms with E-state index < -0.39 is 0 Å². The van der Waals surface area contributed by atoms with Crippen LogP contribution in [0.3, 0.4) is 0 Å². The molecule has 1 N–H and O–H groups in total. The van der Waals surface area contributed by atoms with Gasteiger partial charge in [0.1, 0.15) is 11.5 Å². The number of rotatable bonds is 4. The Labute approximate surface area is 115 Å². The number of para-hydroxylation sites is 1. The minimum atomic E-state index is 0.313. The van der Waals surface area contributed by atoms with Crippen molar-refractivity contribution in [2.75, 3.05) is 26.1 Å². The Morgan fingerprint density at radius 3 is 2.47 bits per heavy atom. The molecule has 0 aliphatic carbocycles. The number of hydrogen-bond donors (Lipinski definition) is 1. The SMILES string of the molecule is COc1ccc(O)c(Pc2ccccc2N(C)C)c1. The van der Waals surface area contributed by atoms with Gasteiger partial charge < -0.3 is 14.7 Å². The Morgan fingerprint density at radius 2 is 1.79 bits per heavy atom. The van der Waals surface area contributed by atoms with Gasteiger partial charge in [-0.25, -0.2) is 0 Å². The lowest BCUT2D eigenvalue weighted by molar-refractivity contribution is 0.413. The van der Waals surface area contributed by atoms with E-state index in [1.807, 2.05) is 32.3 Å². The molecule has 0 amide bonds. The van der Waals surface area contributed by atoms with Crippen LogP contribution < -0.4 is 20.2 Å². The summed E-state index contributed by atoms with van der Waals surface area (Å²) in [6.07, 6.45) is 0. The zero-order valence-corrected chi connectivity index (χ0v) is 12.3. The molecular formula is C15H18NO2P. The van der Waals surface area contributed by atoms with Gasteiger partial charge in [0, 0.05) is 30.4 Å². The molecule has 2 aromatic rings. The second-order valence-electron chi connectivity index (χ2n) is 4.42. The standard InChI is InChI=1S/C15H18NO2P/c1-16(2)12-6-4-5-7-14(12)19-15-10-11(18-3)8-9-13(15)17/h4-10,17,19H,1-3H3. The first-order valence-corrected chi connectivity index (χ1v) is 7.02. The van der Waals surface area contributed by atoms with Crippen LogP contribution in [0.2, 0.25) is 0 Å². The summed E-state index contributed by atoms with van der Waals surface area (Å²) in [6.45, 7) is 0. The highest BCUT2D eigenvalue weighted by atomic mass is 31.1. The van der Waals surface area contributed by atoms with Gasteiger partial charge in [-0.1, -0.05) is 26.8 Å². The minimum absolute atomic E-state index is 0.313. The smallest absolute Gasteiger partial charge is 0.123 e. The third-order valence-corrected chi connectivity index (χ3v) is 4.22. The van der Waals surface area contributed by atoms with Gasteiger partial charge in [0.2, 0.25) is 0 Å². The van der Waals surface area contributed by atoms with Gasteiger partial charge >= 0.3 is 0 Å². The fourth-order valence-electron chi connectivity index (χ4n) is 1.86. The summed E-state index contributed by atoms with van der Waals surface area (Å²) in [5.74, 6) is 1.08. The molecule has 1 unspecified atom stereocenters. The summed E-state index contributed by atoms with van der Waals surface area (Å²) in [5.41, 5.74) is 1.17. The van der Waals surface area contributed by atoms with Crippen molar-refractivity contribution in [2.24, 2.45) is 0 Å². The Kier molecular flexibility index (Phi) is 4.28. The van der Waals surface area contributed by atoms with Gasteiger partial charge in [0.25, 0.3) is 0 Å². The van der Waals surface area contributed by atoms with Crippen LogP contribution in [0.4, 0.5) is 5.69 Å². The molecule has 0 saturated carbocycles. The van der Waals surface area contributed by atoms with Gasteiger partial charge in [0.05, 0.1) is 7.11 Å². The van der Waals surface area contributed by atoms with E-state index in [9.17, 15) is 5.11 Å². The van der Waals surface area contributed by atoms with Crippen molar-refractivity contribution in [1.82, 2.24) is 0 Å². The molecule has 0 fully saturated rings. The summed E-state index contributed by atoms with van der Waals surface area (Å²) in [4.78, 5) is 2.08. The van der Waals surface area contributed by atoms with Crippen LogP contribution >= 0.6 is 8.58 Å². The van der Waals surface area contributed by atoms with E-state index in [1.165, 1.54) is 11.0 Å². The van der Waals surface area contributed by atoms with Crippen molar-refractivity contribution in [3.05, 3.63) is 42.5 Å². The molecule has 100 valence electrons. The first kappa shape index (κ1) is 13.7. The summed E-state index contributed by atoms with van der Waals surface area (Å²) in [7, 11) is 6.07. The lowest BCUT2D eigenvalue weighted by atomic mass is 10.3. The maximum Gasteiger partial charge on any atom is 0.123 e. The van der Waals surface area contributed by atoms with E-state index in [2.05, 4.69) is 17.0 Å². The molecule has 1 atom stereocenters. The lowest BCUT2D eigenvalue weighted by Crippen LogP contribution is -2.17. The van der Waals surface area contributed by atoms with Crippen LogP contribution in [0.5, 0.6) is 11.5 Å². The molecular weight excluding hydrogens is 257 g/mol. The van der Waals surface area contributed by atoms with Crippen molar-refractivity contribution in [1.29, 1.82) is 0 Å². The van der Waals surface area contributed by atoms with Gasteiger partial charge in [-0.15, -0.1) is 0 Å². The first-order chi connectivity index (χ1) is 9.11. The zero-order valence-electron chi connectivity index (χ0n) is 11.3. The van der Waals surface area contributed by atoms with E-state index in [4.69, 9.17) is 4.74 Å². The second-order valence-corrected chi connectivity index (χ2v) is 5.75.